The van der Waals surface area contributed by atoms with Gasteiger partial charge in [0.1, 0.15) is 0 Å². The molecule has 0 aromatic rings. The fourth-order valence-electron chi connectivity index (χ4n) is 2.95. The molecule has 0 spiro atoms. The Hall–Kier alpha value is -0.260. The molecule has 0 nitrogen and oxygen atoms in total. The minimum atomic E-state index is 0.826. The number of unbranched alkanes of at least 4 members (excludes halogenated alkanes) is 2. The lowest BCUT2D eigenvalue weighted by atomic mass is 9.94. The third-order valence-electron chi connectivity index (χ3n) is 3.89. The van der Waals surface area contributed by atoms with Crippen LogP contribution in [0.3, 0.4) is 0 Å². The zero-order valence-corrected chi connectivity index (χ0v) is 9.97. The minimum Gasteiger partial charge on any atom is -0.103 e. The standard InChI is InChI=1S/C14H26/c1-4-7-8-9-12-10-13(5-2)14(6-3)11-12/h5,12-14H,2,4,6-11H2,1,3H3. The van der Waals surface area contributed by atoms with Crippen LogP contribution in [-0.2, 0) is 0 Å². The Morgan fingerprint density at radius 3 is 2.50 bits per heavy atom. The van der Waals surface area contributed by atoms with Crippen LogP contribution in [0.5, 0.6) is 0 Å². The third-order valence-corrected chi connectivity index (χ3v) is 3.89. The van der Waals surface area contributed by atoms with Crippen molar-refractivity contribution in [3.63, 3.8) is 0 Å². The van der Waals surface area contributed by atoms with Crippen LogP contribution < -0.4 is 0 Å². The molecule has 1 rings (SSSR count). The molecule has 0 aromatic heterocycles. The Morgan fingerprint density at radius 2 is 2.00 bits per heavy atom. The average Bonchev–Trinajstić information content (AvgIpc) is 2.61. The van der Waals surface area contributed by atoms with Gasteiger partial charge in [0, 0.05) is 0 Å². The number of hydrogen-bond donors (Lipinski definition) is 0. The molecule has 0 N–H and O–H groups in total. The van der Waals surface area contributed by atoms with Gasteiger partial charge >= 0.3 is 0 Å². The molecule has 0 aliphatic heterocycles. The van der Waals surface area contributed by atoms with Gasteiger partial charge in [0.05, 0.1) is 0 Å². The second kappa shape index (κ2) is 6.27. The maximum Gasteiger partial charge on any atom is -0.0205 e. The highest BCUT2D eigenvalue weighted by molar-refractivity contribution is 4.92. The van der Waals surface area contributed by atoms with Gasteiger partial charge in [0.2, 0.25) is 0 Å². The molecule has 82 valence electrons. The molecule has 0 bridgehead atoms. The summed E-state index contributed by atoms with van der Waals surface area (Å²) in [6, 6.07) is 0. The molecule has 3 atom stereocenters. The van der Waals surface area contributed by atoms with Gasteiger partial charge in [0.15, 0.2) is 0 Å². The van der Waals surface area contributed by atoms with E-state index in [-0.39, 0.29) is 0 Å². The first-order valence-corrected chi connectivity index (χ1v) is 6.44. The fourth-order valence-corrected chi connectivity index (χ4v) is 2.95. The first-order valence-electron chi connectivity index (χ1n) is 6.44. The predicted molar refractivity (Wildman–Crippen MR) is 64.3 cm³/mol. The molecule has 0 heterocycles. The fraction of sp³-hybridized carbons (Fsp3) is 0.857. The van der Waals surface area contributed by atoms with Crippen LogP contribution in [0.15, 0.2) is 12.7 Å². The van der Waals surface area contributed by atoms with Gasteiger partial charge in [-0.2, -0.15) is 0 Å². The highest BCUT2D eigenvalue weighted by Crippen LogP contribution is 2.41. The van der Waals surface area contributed by atoms with Crippen molar-refractivity contribution in [2.24, 2.45) is 17.8 Å². The molecule has 0 heteroatoms. The Balaban J connectivity index is 2.26. The van der Waals surface area contributed by atoms with Crippen molar-refractivity contribution >= 4 is 0 Å². The maximum atomic E-state index is 3.97. The predicted octanol–water partition coefficient (Wildman–Crippen LogP) is 4.81. The first kappa shape index (κ1) is 11.8. The molecule has 0 amide bonds. The molecule has 0 radical (unpaired) electrons. The van der Waals surface area contributed by atoms with Gasteiger partial charge in [-0.15, -0.1) is 6.58 Å². The molecule has 1 aliphatic carbocycles. The molecule has 0 aromatic carbocycles. The first-order chi connectivity index (χ1) is 6.81. The van der Waals surface area contributed by atoms with Crippen molar-refractivity contribution in [1.29, 1.82) is 0 Å². The van der Waals surface area contributed by atoms with Crippen molar-refractivity contribution in [2.75, 3.05) is 0 Å². The second-order valence-electron chi connectivity index (χ2n) is 4.90. The molecule has 1 fully saturated rings. The van der Waals surface area contributed by atoms with Crippen molar-refractivity contribution in [3.05, 3.63) is 12.7 Å². The molecule has 1 saturated carbocycles. The summed E-state index contributed by atoms with van der Waals surface area (Å²) in [4.78, 5) is 0. The Morgan fingerprint density at radius 1 is 1.21 bits per heavy atom. The summed E-state index contributed by atoms with van der Waals surface area (Å²) < 4.78 is 0. The lowest BCUT2D eigenvalue weighted by Gasteiger charge is -2.11. The van der Waals surface area contributed by atoms with E-state index >= 15 is 0 Å². The van der Waals surface area contributed by atoms with Crippen LogP contribution >= 0.6 is 0 Å². The van der Waals surface area contributed by atoms with E-state index < -0.39 is 0 Å². The second-order valence-corrected chi connectivity index (χ2v) is 4.90. The van der Waals surface area contributed by atoms with Gasteiger partial charge in [0.25, 0.3) is 0 Å². The molecular formula is C14H26. The van der Waals surface area contributed by atoms with E-state index in [0.29, 0.717) is 0 Å². The van der Waals surface area contributed by atoms with E-state index in [1.807, 2.05) is 0 Å². The number of allylic oxidation sites excluding steroid dienone is 1. The van der Waals surface area contributed by atoms with Crippen LogP contribution in [0.1, 0.15) is 58.8 Å². The van der Waals surface area contributed by atoms with Crippen LogP contribution in [0.2, 0.25) is 0 Å². The van der Waals surface area contributed by atoms with E-state index in [1.54, 1.807) is 0 Å². The largest absolute Gasteiger partial charge is 0.103 e. The van der Waals surface area contributed by atoms with E-state index in [4.69, 9.17) is 0 Å². The Bertz CT molecular complexity index is 159. The average molecular weight is 194 g/mol. The Labute approximate surface area is 89.8 Å². The highest BCUT2D eigenvalue weighted by atomic mass is 14.3. The topological polar surface area (TPSA) is 0 Å². The van der Waals surface area contributed by atoms with E-state index in [0.717, 1.165) is 17.8 Å². The minimum absolute atomic E-state index is 0.826. The van der Waals surface area contributed by atoms with Gasteiger partial charge in [-0.25, -0.2) is 0 Å². The Kier molecular flexibility index (Phi) is 5.29. The normalized spacial score (nSPS) is 32.0. The van der Waals surface area contributed by atoms with Gasteiger partial charge in [-0.1, -0.05) is 52.0 Å². The summed E-state index contributed by atoms with van der Waals surface area (Å²) in [5, 5.41) is 0. The van der Waals surface area contributed by atoms with Crippen LogP contribution in [-0.4, -0.2) is 0 Å². The molecule has 3 unspecified atom stereocenters. The zero-order chi connectivity index (χ0) is 10.4. The van der Waals surface area contributed by atoms with E-state index in [2.05, 4.69) is 26.5 Å². The summed E-state index contributed by atoms with van der Waals surface area (Å²) in [6.07, 6.45) is 12.1. The number of hydrogen-bond acceptors (Lipinski definition) is 0. The van der Waals surface area contributed by atoms with Crippen molar-refractivity contribution in [3.8, 4) is 0 Å². The SMILES string of the molecule is C=CC1CC(CCCCC)CC1CC. The summed E-state index contributed by atoms with van der Waals surface area (Å²) >= 11 is 0. The number of rotatable bonds is 6. The molecule has 1 aliphatic rings. The van der Waals surface area contributed by atoms with Crippen LogP contribution in [0, 0.1) is 17.8 Å². The monoisotopic (exact) mass is 194 g/mol. The molecule has 0 saturated heterocycles. The van der Waals surface area contributed by atoms with E-state index in [9.17, 15) is 0 Å². The van der Waals surface area contributed by atoms with Crippen molar-refractivity contribution < 1.29 is 0 Å². The van der Waals surface area contributed by atoms with Gasteiger partial charge in [-0.05, 0) is 30.6 Å². The zero-order valence-electron chi connectivity index (χ0n) is 9.97. The van der Waals surface area contributed by atoms with E-state index in [1.165, 1.54) is 44.9 Å². The maximum absolute atomic E-state index is 3.97. The van der Waals surface area contributed by atoms with Gasteiger partial charge in [-0.3, -0.25) is 0 Å². The third kappa shape index (κ3) is 3.15. The summed E-state index contributed by atoms with van der Waals surface area (Å²) in [5.74, 6) is 2.78. The lowest BCUT2D eigenvalue weighted by molar-refractivity contribution is 0.428. The smallest absolute Gasteiger partial charge is 0.0205 e. The van der Waals surface area contributed by atoms with Gasteiger partial charge < -0.3 is 0 Å². The quantitative estimate of drug-likeness (QED) is 0.420. The molecule has 14 heavy (non-hydrogen) atoms. The summed E-state index contributed by atoms with van der Waals surface area (Å²) in [6.45, 7) is 8.59. The molecular weight excluding hydrogens is 168 g/mol. The summed E-state index contributed by atoms with van der Waals surface area (Å²) in [7, 11) is 0. The van der Waals surface area contributed by atoms with Crippen molar-refractivity contribution in [1.82, 2.24) is 0 Å². The highest BCUT2D eigenvalue weighted by Gasteiger charge is 2.30. The lowest BCUT2D eigenvalue weighted by Crippen LogP contribution is -2.02. The summed E-state index contributed by atoms with van der Waals surface area (Å²) in [5.41, 5.74) is 0. The van der Waals surface area contributed by atoms with Crippen LogP contribution in [0.4, 0.5) is 0 Å². The van der Waals surface area contributed by atoms with Crippen LogP contribution in [0.25, 0.3) is 0 Å². The van der Waals surface area contributed by atoms with Crippen molar-refractivity contribution in [2.45, 2.75) is 58.8 Å².